The summed E-state index contributed by atoms with van der Waals surface area (Å²) in [5.74, 6) is 0.525. The second kappa shape index (κ2) is 8.56. The number of hydrogen-bond acceptors (Lipinski definition) is 2. The summed E-state index contributed by atoms with van der Waals surface area (Å²) in [5, 5.41) is 0. The van der Waals surface area contributed by atoms with Crippen molar-refractivity contribution in [3.8, 4) is 0 Å². The minimum absolute atomic E-state index is 0.0656. The maximum Gasteiger partial charge on any atom is 0.140 e. The number of hydrogen-bond donors (Lipinski definition) is 0. The van der Waals surface area contributed by atoms with Crippen molar-refractivity contribution in [2.75, 3.05) is 0 Å². The average molecular weight is 284 g/mol. The summed E-state index contributed by atoms with van der Waals surface area (Å²) in [6.45, 7) is 0. The zero-order chi connectivity index (χ0) is 14.9. The predicted octanol–water partition coefficient (Wildman–Crippen LogP) is 4.28. The molecular formula is C19H24O2. The van der Waals surface area contributed by atoms with Gasteiger partial charge in [0.2, 0.25) is 0 Å². The Kier molecular flexibility index (Phi) is 6.39. The lowest BCUT2D eigenvalue weighted by Gasteiger charge is -2.14. The van der Waals surface area contributed by atoms with Gasteiger partial charge >= 0.3 is 0 Å². The molecule has 0 heterocycles. The minimum atomic E-state index is 0.0656. The van der Waals surface area contributed by atoms with E-state index in [1.54, 1.807) is 0 Å². The molecule has 0 amide bonds. The van der Waals surface area contributed by atoms with E-state index in [4.69, 9.17) is 0 Å². The van der Waals surface area contributed by atoms with Crippen LogP contribution in [0.15, 0.2) is 42.5 Å². The van der Waals surface area contributed by atoms with Gasteiger partial charge in [0.15, 0.2) is 0 Å². The standard InChI is InChI=1S/C19H24O2/c20-18(13-7-10-16-8-3-1-4-9-16)14-15-19(21)17-11-5-2-6-12-17/h1,3-5,8-9,11,17H,2,6-7,10,12-15H2. The Balaban J connectivity index is 1.62. The summed E-state index contributed by atoms with van der Waals surface area (Å²) < 4.78 is 0. The van der Waals surface area contributed by atoms with Gasteiger partial charge in [-0.2, -0.15) is 0 Å². The summed E-state index contributed by atoms with van der Waals surface area (Å²) in [5.41, 5.74) is 1.27. The lowest BCUT2D eigenvalue weighted by Crippen LogP contribution is -2.15. The van der Waals surface area contributed by atoms with Gasteiger partial charge in [-0.05, 0) is 37.7 Å². The Labute approximate surface area is 127 Å². The predicted molar refractivity (Wildman–Crippen MR) is 85.1 cm³/mol. The lowest BCUT2D eigenvalue weighted by atomic mass is 9.89. The number of ketones is 2. The molecule has 2 rings (SSSR count). The molecule has 2 heteroatoms. The molecule has 0 bridgehead atoms. The van der Waals surface area contributed by atoms with Crippen LogP contribution in [0.3, 0.4) is 0 Å². The first kappa shape index (κ1) is 15.7. The highest BCUT2D eigenvalue weighted by Gasteiger charge is 2.17. The van der Waals surface area contributed by atoms with E-state index in [0.29, 0.717) is 19.3 Å². The Morgan fingerprint density at radius 3 is 2.57 bits per heavy atom. The molecule has 0 saturated heterocycles. The lowest BCUT2D eigenvalue weighted by molar-refractivity contribution is -0.125. The fraction of sp³-hybridized carbons (Fsp3) is 0.474. The Hall–Kier alpha value is -1.70. The van der Waals surface area contributed by atoms with Crippen molar-refractivity contribution in [2.24, 2.45) is 5.92 Å². The van der Waals surface area contributed by atoms with Crippen molar-refractivity contribution in [2.45, 2.75) is 51.4 Å². The smallest absolute Gasteiger partial charge is 0.140 e. The summed E-state index contributed by atoms with van der Waals surface area (Å²) >= 11 is 0. The molecule has 0 N–H and O–H groups in total. The second-order valence-corrected chi connectivity index (χ2v) is 5.81. The normalized spacial score (nSPS) is 17.6. The molecule has 0 spiro atoms. The molecule has 0 saturated carbocycles. The van der Waals surface area contributed by atoms with E-state index in [1.165, 1.54) is 5.56 Å². The number of carbonyl (C=O) groups excluding carboxylic acids is 2. The molecule has 0 radical (unpaired) electrons. The van der Waals surface area contributed by atoms with Crippen LogP contribution in [0.1, 0.15) is 50.5 Å². The van der Waals surface area contributed by atoms with Crippen LogP contribution < -0.4 is 0 Å². The summed E-state index contributed by atoms with van der Waals surface area (Å²) in [6.07, 6.45) is 10.5. The van der Waals surface area contributed by atoms with Crippen molar-refractivity contribution in [3.63, 3.8) is 0 Å². The van der Waals surface area contributed by atoms with Gasteiger partial charge in [0.25, 0.3) is 0 Å². The maximum absolute atomic E-state index is 12.0. The van der Waals surface area contributed by atoms with Gasteiger partial charge in [-0.15, -0.1) is 0 Å². The Bertz CT molecular complexity index is 488. The van der Waals surface area contributed by atoms with Crippen molar-refractivity contribution in [3.05, 3.63) is 48.0 Å². The molecule has 21 heavy (non-hydrogen) atoms. The first-order valence-corrected chi connectivity index (χ1v) is 8.00. The van der Waals surface area contributed by atoms with Gasteiger partial charge in [0, 0.05) is 25.2 Å². The molecule has 1 aliphatic rings. The topological polar surface area (TPSA) is 34.1 Å². The molecule has 1 aromatic rings. The van der Waals surface area contributed by atoms with Crippen LogP contribution in [0.4, 0.5) is 0 Å². The zero-order valence-electron chi connectivity index (χ0n) is 12.6. The summed E-state index contributed by atoms with van der Waals surface area (Å²) in [7, 11) is 0. The van der Waals surface area contributed by atoms with Crippen LogP contribution in [0.25, 0.3) is 0 Å². The van der Waals surface area contributed by atoms with Gasteiger partial charge in [-0.25, -0.2) is 0 Å². The molecule has 0 aromatic heterocycles. The number of carbonyl (C=O) groups is 2. The molecule has 1 atom stereocenters. The average Bonchev–Trinajstić information content (AvgIpc) is 2.54. The number of aryl methyl sites for hydroxylation is 1. The fourth-order valence-electron chi connectivity index (χ4n) is 2.79. The van der Waals surface area contributed by atoms with Gasteiger partial charge in [0.1, 0.15) is 11.6 Å². The monoisotopic (exact) mass is 284 g/mol. The maximum atomic E-state index is 12.0. The zero-order valence-corrected chi connectivity index (χ0v) is 12.6. The number of benzene rings is 1. The summed E-state index contributed by atoms with van der Waals surface area (Å²) in [4.78, 5) is 23.8. The number of Topliss-reactive ketones (excluding diaryl/α,β-unsaturated/α-hetero) is 2. The van der Waals surface area contributed by atoms with E-state index in [9.17, 15) is 9.59 Å². The highest BCUT2D eigenvalue weighted by atomic mass is 16.1. The van der Waals surface area contributed by atoms with Crippen molar-refractivity contribution in [1.82, 2.24) is 0 Å². The van der Waals surface area contributed by atoms with Crippen LogP contribution in [0.5, 0.6) is 0 Å². The van der Waals surface area contributed by atoms with Crippen LogP contribution in [0, 0.1) is 5.92 Å². The Morgan fingerprint density at radius 2 is 1.86 bits per heavy atom. The molecule has 1 aliphatic carbocycles. The SMILES string of the molecule is O=C(CCCc1ccccc1)CCC(=O)C1C=CCCC1. The van der Waals surface area contributed by atoms with E-state index in [2.05, 4.69) is 18.2 Å². The van der Waals surface area contributed by atoms with Crippen LogP contribution in [-0.4, -0.2) is 11.6 Å². The molecule has 1 unspecified atom stereocenters. The van der Waals surface area contributed by atoms with Crippen molar-refractivity contribution >= 4 is 11.6 Å². The fourth-order valence-corrected chi connectivity index (χ4v) is 2.79. The number of rotatable bonds is 8. The number of allylic oxidation sites excluding steroid dienone is 2. The molecule has 0 aliphatic heterocycles. The second-order valence-electron chi connectivity index (χ2n) is 5.81. The first-order valence-electron chi connectivity index (χ1n) is 8.00. The van der Waals surface area contributed by atoms with E-state index >= 15 is 0 Å². The highest BCUT2D eigenvalue weighted by Crippen LogP contribution is 2.20. The highest BCUT2D eigenvalue weighted by molar-refractivity contribution is 5.88. The molecular weight excluding hydrogens is 260 g/mol. The molecule has 112 valence electrons. The van der Waals surface area contributed by atoms with Crippen molar-refractivity contribution < 1.29 is 9.59 Å². The molecule has 2 nitrogen and oxygen atoms in total. The van der Waals surface area contributed by atoms with Crippen LogP contribution in [0.2, 0.25) is 0 Å². The Morgan fingerprint density at radius 1 is 1.05 bits per heavy atom. The van der Waals surface area contributed by atoms with Crippen molar-refractivity contribution in [1.29, 1.82) is 0 Å². The van der Waals surface area contributed by atoms with E-state index in [0.717, 1.165) is 32.1 Å². The third-order valence-corrected chi connectivity index (χ3v) is 4.08. The van der Waals surface area contributed by atoms with E-state index in [-0.39, 0.29) is 17.5 Å². The first-order chi connectivity index (χ1) is 10.3. The van der Waals surface area contributed by atoms with Gasteiger partial charge in [0.05, 0.1) is 0 Å². The van der Waals surface area contributed by atoms with Gasteiger partial charge in [-0.1, -0.05) is 42.5 Å². The van der Waals surface area contributed by atoms with E-state index in [1.807, 2.05) is 24.3 Å². The van der Waals surface area contributed by atoms with Gasteiger partial charge in [-0.3, -0.25) is 9.59 Å². The van der Waals surface area contributed by atoms with E-state index < -0.39 is 0 Å². The minimum Gasteiger partial charge on any atom is -0.300 e. The van der Waals surface area contributed by atoms with Crippen LogP contribution >= 0.6 is 0 Å². The van der Waals surface area contributed by atoms with Gasteiger partial charge < -0.3 is 0 Å². The molecule has 1 aromatic carbocycles. The largest absolute Gasteiger partial charge is 0.300 e. The quantitative estimate of drug-likeness (QED) is 0.668. The third-order valence-electron chi connectivity index (χ3n) is 4.08. The van der Waals surface area contributed by atoms with Crippen LogP contribution in [-0.2, 0) is 16.0 Å². The molecule has 0 fully saturated rings. The third kappa shape index (κ3) is 5.66. The summed E-state index contributed by atoms with van der Waals surface area (Å²) in [6, 6.07) is 10.2.